The molecule has 0 fully saturated rings. The number of hydrogen-bond donors (Lipinski definition) is 2. The Morgan fingerprint density at radius 3 is 2.82 bits per heavy atom. The lowest BCUT2D eigenvalue weighted by atomic mass is 10.3. The van der Waals surface area contributed by atoms with E-state index in [9.17, 15) is 9.18 Å². The van der Waals surface area contributed by atoms with Crippen LogP contribution in [0.2, 0.25) is 0 Å². The summed E-state index contributed by atoms with van der Waals surface area (Å²) in [6.07, 6.45) is 1.37. The number of hydrogen-bond acceptors (Lipinski definition) is 4. The Kier molecular flexibility index (Phi) is 5.21. The van der Waals surface area contributed by atoms with Gasteiger partial charge in [-0.3, -0.25) is 4.79 Å². The van der Waals surface area contributed by atoms with Crippen molar-refractivity contribution < 1.29 is 14.3 Å². The molecule has 0 bridgehead atoms. The minimum absolute atomic E-state index is 0.0352. The number of amides is 1. The second-order valence-electron chi connectivity index (χ2n) is 5.02. The molecular weight excluding hydrogens is 287 g/mol. The summed E-state index contributed by atoms with van der Waals surface area (Å²) >= 11 is 0. The third-order valence-corrected chi connectivity index (χ3v) is 3.08. The summed E-state index contributed by atoms with van der Waals surface area (Å²) in [5.41, 5.74) is 0.257. The van der Waals surface area contributed by atoms with E-state index >= 15 is 0 Å². The van der Waals surface area contributed by atoms with Gasteiger partial charge in [0.25, 0.3) is 5.91 Å². The summed E-state index contributed by atoms with van der Waals surface area (Å²) in [4.78, 5) is 16.2. The van der Waals surface area contributed by atoms with Gasteiger partial charge in [0.05, 0.1) is 6.61 Å². The van der Waals surface area contributed by atoms with Gasteiger partial charge in [0, 0.05) is 12.5 Å². The second-order valence-corrected chi connectivity index (χ2v) is 5.02. The van der Waals surface area contributed by atoms with Crippen LogP contribution < -0.4 is 5.32 Å². The van der Waals surface area contributed by atoms with Crippen molar-refractivity contribution in [1.82, 2.24) is 20.1 Å². The van der Waals surface area contributed by atoms with E-state index in [0.29, 0.717) is 12.2 Å². The van der Waals surface area contributed by atoms with Crippen LogP contribution >= 0.6 is 0 Å². The molecule has 118 valence electrons. The zero-order valence-corrected chi connectivity index (χ0v) is 12.6. The van der Waals surface area contributed by atoms with Crippen LogP contribution in [0.5, 0.6) is 0 Å². The van der Waals surface area contributed by atoms with E-state index in [0.717, 1.165) is 6.42 Å². The molecule has 2 rings (SSSR count). The Labute approximate surface area is 128 Å². The molecule has 0 aliphatic rings. The van der Waals surface area contributed by atoms with Crippen molar-refractivity contribution in [2.75, 3.05) is 6.61 Å². The number of carbonyl (C=O) groups is 1. The fraction of sp³-hybridized carbons (Fsp3) is 0.400. The molecule has 2 aromatic rings. The van der Waals surface area contributed by atoms with Crippen molar-refractivity contribution in [3.05, 3.63) is 41.7 Å². The highest BCUT2D eigenvalue weighted by atomic mass is 19.1. The number of rotatable bonds is 6. The zero-order valence-electron chi connectivity index (χ0n) is 12.6. The van der Waals surface area contributed by atoms with Crippen LogP contribution in [0.15, 0.2) is 24.3 Å². The number of aryl methyl sites for hydroxylation is 1. The minimum Gasteiger partial charge on any atom is -0.394 e. The van der Waals surface area contributed by atoms with Gasteiger partial charge < -0.3 is 10.4 Å². The van der Waals surface area contributed by atoms with Gasteiger partial charge in [-0.1, -0.05) is 19.1 Å². The molecule has 0 spiro atoms. The van der Waals surface area contributed by atoms with E-state index < -0.39 is 17.8 Å². The number of aromatic nitrogens is 3. The van der Waals surface area contributed by atoms with Gasteiger partial charge in [0.15, 0.2) is 0 Å². The van der Waals surface area contributed by atoms with Crippen LogP contribution in [0, 0.1) is 5.82 Å². The number of benzene rings is 1. The molecule has 1 aromatic heterocycles. The third kappa shape index (κ3) is 3.48. The number of aliphatic hydroxyl groups is 1. The van der Waals surface area contributed by atoms with E-state index in [2.05, 4.69) is 15.4 Å². The molecule has 7 heteroatoms. The zero-order chi connectivity index (χ0) is 16.1. The molecule has 2 N–H and O–H groups in total. The molecule has 0 saturated carbocycles. The van der Waals surface area contributed by atoms with E-state index in [4.69, 9.17) is 5.11 Å². The van der Waals surface area contributed by atoms with Crippen molar-refractivity contribution in [2.45, 2.75) is 32.7 Å². The minimum atomic E-state index is -0.492. The van der Waals surface area contributed by atoms with Gasteiger partial charge in [-0.05, 0) is 25.5 Å². The van der Waals surface area contributed by atoms with E-state index in [-0.39, 0.29) is 18.1 Å². The third-order valence-electron chi connectivity index (χ3n) is 3.08. The molecule has 1 aromatic carbocycles. The van der Waals surface area contributed by atoms with Crippen LogP contribution in [0.25, 0.3) is 5.69 Å². The molecule has 0 saturated heterocycles. The Bertz CT molecular complexity index is 657. The molecule has 1 heterocycles. The number of para-hydroxylation sites is 1. The van der Waals surface area contributed by atoms with Gasteiger partial charge >= 0.3 is 0 Å². The maximum absolute atomic E-state index is 13.9. The molecule has 6 nitrogen and oxygen atoms in total. The summed E-state index contributed by atoms with van der Waals surface area (Å²) in [5, 5.41) is 15.7. The van der Waals surface area contributed by atoms with Crippen LogP contribution in [0.3, 0.4) is 0 Å². The molecule has 1 atom stereocenters. The van der Waals surface area contributed by atoms with E-state index in [1.54, 1.807) is 25.1 Å². The summed E-state index contributed by atoms with van der Waals surface area (Å²) in [6.45, 7) is 3.45. The molecule has 0 aliphatic carbocycles. The lowest BCUT2D eigenvalue weighted by Gasteiger charge is -2.08. The van der Waals surface area contributed by atoms with Gasteiger partial charge in [0.2, 0.25) is 5.82 Å². The quantitative estimate of drug-likeness (QED) is 0.847. The number of aliphatic hydroxyl groups excluding tert-OH is 1. The number of nitrogens with zero attached hydrogens (tertiary/aromatic N) is 3. The predicted molar refractivity (Wildman–Crippen MR) is 79.3 cm³/mol. The van der Waals surface area contributed by atoms with Crippen molar-refractivity contribution >= 4 is 5.91 Å². The van der Waals surface area contributed by atoms with Crippen LogP contribution in [0.4, 0.5) is 4.39 Å². The van der Waals surface area contributed by atoms with Crippen molar-refractivity contribution in [3.63, 3.8) is 0 Å². The lowest BCUT2D eigenvalue weighted by molar-refractivity contribution is 0.0911. The fourth-order valence-electron chi connectivity index (χ4n) is 1.98. The normalized spacial score (nSPS) is 12.2. The fourth-order valence-corrected chi connectivity index (χ4v) is 1.98. The second kappa shape index (κ2) is 7.13. The first kappa shape index (κ1) is 16.1. The van der Waals surface area contributed by atoms with Crippen molar-refractivity contribution in [3.8, 4) is 5.69 Å². The molecular formula is C15H19FN4O2. The average Bonchev–Trinajstić information content (AvgIpc) is 2.92. The SMILES string of the molecule is CCCc1nc(C(=O)NC(C)CO)nn1-c1ccccc1F. The maximum atomic E-state index is 13.9. The van der Waals surface area contributed by atoms with Gasteiger partial charge in [-0.2, -0.15) is 0 Å². The average molecular weight is 306 g/mol. The summed E-state index contributed by atoms with van der Waals surface area (Å²) in [7, 11) is 0. The highest BCUT2D eigenvalue weighted by Crippen LogP contribution is 2.15. The topological polar surface area (TPSA) is 80.0 Å². The predicted octanol–water partition coefficient (Wildman–Crippen LogP) is 1.47. The molecule has 0 aliphatic heterocycles. The first-order valence-electron chi connectivity index (χ1n) is 7.19. The van der Waals surface area contributed by atoms with Gasteiger partial charge in [0.1, 0.15) is 17.3 Å². The van der Waals surface area contributed by atoms with Gasteiger partial charge in [-0.15, -0.1) is 5.10 Å². The smallest absolute Gasteiger partial charge is 0.291 e. The molecule has 0 radical (unpaired) electrons. The van der Waals surface area contributed by atoms with Crippen LogP contribution in [-0.4, -0.2) is 38.4 Å². The maximum Gasteiger partial charge on any atom is 0.291 e. The number of halogens is 1. The summed E-state index contributed by atoms with van der Waals surface area (Å²) in [6, 6.07) is 5.80. The molecule has 1 unspecified atom stereocenters. The summed E-state index contributed by atoms with van der Waals surface area (Å²) < 4.78 is 15.3. The number of carbonyl (C=O) groups excluding carboxylic acids is 1. The summed E-state index contributed by atoms with van der Waals surface area (Å²) in [5.74, 6) is -0.434. The first-order valence-corrected chi connectivity index (χ1v) is 7.19. The van der Waals surface area contributed by atoms with E-state index in [1.807, 2.05) is 6.92 Å². The van der Waals surface area contributed by atoms with Crippen molar-refractivity contribution in [1.29, 1.82) is 0 Å². The Hall–Kier alpha value is -2.28. The van der Waals surface area contributed by atoms with Gasteiger partial charge in [-0.25, -0.2) is 14.1 Å². The Balaban J connectivity index is 2.38. The van der Waals surface area contributed by atoms with Crippen LogP contribution in [0.1, 0.15) is 36.7 Å². The molecule has 22 heavy (non-hydrogen) atoms. The Morgan fingerprint density at radius 1 is 1.45 bits per heavy atom. The van der Waals surface area contributed by atoms with Crippen molar-refractivity contribution in [2.24, 2.45) is 0 Å². The monoisotopic (exact) mass is 306 g/mol. The largest absolute Gasteiger partial charge is 0.394 e. The highest BCUT2D eigenvalue weighted by Gasteiger charge is 2.19. The highest BCUT2D eigenvalue weighted by molar-refractivity contribution is 5.90. The lowest BCUT2D eigenvalue weighted by Crippen LogP contribution is -2.35. The number of nitrogens with one attached hydrogen (secondary N) is 1. The standard InChI is InChI=1S/C15H19FN4O2/c1-3-6-13-18-14(15(22)17-10(2)9-21)19-20(13)12-8-5-4-7-11(12)16/h4-5,7-8,10,21H,3,6,9H2,1-2H3,(H,17,22). The van der Waals surface area contributed by atoms with E-state index in [1.165, 1.54) is 10.7 Å². The molecule has 1 amide bonds. The first-order chi connectivity index (χ1) is 10.6. The Morgan fingerprint density at radius 2 is 2.18 bits per heavy atom. The van der Waals surface area contributed by atoms with Crippen LogP contribution in [-0.2, 0) is 6.42 Å².